The Bertz CT molecular complexity index is 680. The highest BCUT2D eigenvalue weighted by atomic mass is 32.1. The summed E-state index contributed by atoms with van der Waals surface area (Å²) in [6.07, 6.45) is 0. The van der Waals surface area contributed by atoms with Gasteiger partial charge in [-0.15, -0.1) is 11.3 Å². The second kappa shape index (κ2) is 7.49. The van der Waals surface area contributed by atoms with Crippen molar-refractivity contribution in [1.82, 2.24) is 10.2 Å². The standard InChI is InChI=1S/C18H21N3O2S/c1-14(19-17(22)16-8-5-13-24-16)18(23)21-11-9-20(10-12-21)15-6-3-2-4-7-15/h2-8,13-14H,9-12H2,1H3,(H,19,22)/t14-/m1/s1. The van der Waals surface area contributed by atoms with Gasteiger partial charge in [-0.25, -0.2) is 0 Å². The predicted octanol–water partition coefficient (Wildman–Crippen LogP) is 2.22. The third-order valence-corrected chi connectivity index (χ3v) is 5.04. The van der Waals surface area contributed by atoms with E-state index in [1.54, 1.807) is 13.0 Å². The van der Waals surface area contributed by atoms with E-state index in [0.29, 0.717) is 18.0 Å². The first-order valence-corrected chi connectivity index (χ1v) is 8.96. The maximum atomic E-state index is 12.5. The Morgan fingerprint density at radius 2 is 1.75 bits per heavy atom. The lowest BCUT2D eigenvalue weighted by atomic mass is 10.2. The van der Waals surface area contributed by atoms with Crippen LogP contribution in [-0.2, 0) is 4.79 Å². The van der Waals surface area contributed by atoms with Gasteiger partial charge in [0.2, 0.25) is 5.91 Å². The molecular weight excluding hydrogens is 322 g/mol. The van der Waals surface area contributed by atoms with Crippen LogP contribution in [0.25, 0.3) is 0 Å². The summed E-state index contributed by atoms with van der Waals surface area (Å²) in [5.41, 5.74) is 1.18. The predicted molar refractivity (Wildman–Crippen MR) is 96.5 cm³/mol. The first-order valence-electron chi connectivity index (χ1n) is 8.08. The van der Waals surface area contributed by atoms with Crippen molar-refractivity contribution in [3.05, 3.63) is 52.7 Å². The normalized spacial score (nSPS) is 15.9. The monoisotopic (exact) mass is 343 g/mol. The van der Waals surface area contributed by atoms with E-state index in [1.165, 1.54) is 17.0 Å². The first-order chi connectivity index (χ1) is 11.6. The highest BCUT2D eigenvalue weighted by Crippen LogP contribution is 2.16. The van der Waals surface area contributed by atoms with Crippen LogP contribution in [0.2, 0.25) is 0 Å². The van der Waals surface area contributed by atoms with E-state index in [0.717, 1.165) is 13.1 Å². The maximum Gasteiger partial charge on any atom is 0.261 e. The van der Waals surface area contributed by atoms with E-state index in [-0.39, 0.29) is 11.8 Å². The number of carbonyl (C=O) groups excluding carboxylic acids is 2. The number of rotatable bonds is 4. The number of benzene rings is 1. The number of para-hydroxylation sites is 1. The zero-order valence-corrected chi connectivity index (χ0v) is 14.5. The van der Waals surface area contributed by atoms with Crippen molar-refractivity contribution < 1.29 is 9.59 Å². The summed E-state index contributed by atoms with van der Waals surface area (Å²) in [5.74, 6) is -0.207. The number of nitrogens with zero attached hydrogens (tertiary/aromatic N) is 2. The summed E-state index contributed by atoms with van der Waals surface area (Å²) in [7, 11) is 0. The van der Waals surface area contributed by atoms with Gasteiger partial charge in [-0.2, -0.15) is 0 Å². The summed E-state index contributed by atoms with van der Waals surface area (Å²) in [6, 6.07) is 13.3. The van der Waals surface area contributed by atoms with Gasteiger partial charge in [0.15, 0.2) is 0 Å². The van der Waals surface area contributed by atoms with Crippen molar-refractivity contribution in [1.29, 1.82) is 0 Å². The Balaban J connectivity index is 1.52. The summed E-state index contributed by atoms with van der Waals surface area (Å²) < 4.78 is 0. The van der Waals surface area contributed by atoms with E-state index >= 15 is 0 Å². The molecule has 1 fully saturated rings. The summed E-state index contributed by atoms with van der Waals surface area (Å²) in [4.78, 5) is 29.3. The van der Waals surface area contributed by atoms with Gasteiger partial charge >= 0.3 is 0 Å². The van der Waals surface area contributed by atoms with Crippen molar-refractivity contribution in [2.75, 3.05) is 31.1 Å². The van der Waals surface area contributed by atoms with E-state index in [1.807, 2.05) is 34.5 Å². The largest absolute Gasteiger partial charge is 0.368 e. The van der Waals surface area contributed by atoms with Crippen LogP contribution < -0.4 is 10.2 Å². The quantitative estimate of drug-likeness (QED) is 0.926. The molecule has 0 spiro atoms. The summed E-state index contributed by atoms with van der Waals surface area (Å²) in [6.45, 7) is 4.71. The van der Waals surface area contributed by atoms with Crippen LogP contribution in [0.3, 0.4) is 0 Å². The third-order valence-electron chi connectivity index (χ3n) is 4.18. The van der Waals surface area contributed by atoms with Crippen molar-refractivity contribution in [2.24, 2.45) is 0 Å². The molecule has 0 bridgehead atoms. The van der Waals surface area contributed by atoms with Crippen molar-refractivity contribution in [3.8, 4) is 0 Å². The number of nitrogens with one attached hydrogen (secondary N) is 1. The Morgan fingerprint density at radius 1 is 1.04 bits per heavy atom. The Hall–Kier alpha value is -2.34. The minimum atomic E-state index is -0.511. The number of amides is 2. The van der Waals surface area contributed by atoms with Crippen LogP contribution in [0.5, 0.6) is 0 Å². The summed E-state index contributed by atoms with van der Waals surface area (Å²) in [5, 5.41) is 4.64. The molecule has 5 nitrogen and oxygen atoms in total. The van der Waals surface area contributed by atoms with E-state index in [2.05, 4.69) is 22.3 Å². The molecule has 2 heterocycles. The van der Waals surface area contributed by atoms with Crippen LogP contribution in [-0.4, -0.2) is 48.9 Å². The van der Waals surface area contributed by atoms with Gasteiger partial charge in [0, 0.05) is 31.9 Å². The fraction of sp³-hybridized carbons (Fsp3) is 0.333. The lowest BCUT2D eigenvalue weighted by Crippen LogP contribution is -2.54. The molecule has 1 atom stereocenters. The maximum absolute atomic E-state index is 12.5. The average molecular weight is 343 g/mol. The minimum absolute atomic E-state index is 0.0207. The van der Waals surface area contributed by atoms with Crippen molar-refractivity contribution in [2.45, 2.75) is 13.0 Å². The number of thiophene rings is 1. The second-order valence-corrected chi connectivity index (χ2v) is 6.77. The molecule has 3 rings (SSSR count). The van der Waals surface area contributed by atoms with E-state index in [9.17, 15) is 9.59 Å². The second-order valence-electron chi connectivity index (χ2n) is 5.82. The minimum Gasteiger partial charge on any atom is -0.368 e. The Morgan fingerprint density at radius 3 is 2.38 bits per heavy atom. The highest BCUT2D eigenvalue weighted by Gasteiger charge is 2.26. The molecule has 0 aliphatic carbocycles. The molecule has 1 aromatic heterocycles. The molecule has 1 aliphatic rings. The number of hydrogen-bond acceptors (Lipinski definition) is 4. The lowest BCUT2D eigenvalue weighted by Gasteiger charge is -2.37. The van der Waals surface area contributed by atoms with Crippen LogP contribution in [0.4, 0.5) is 5.69 Å². The third kappa shape index (κ3) is 3.76. The van der Waals surface area contributed by atoms with Crippen LogP contribution in [0, 0.1) is 0 Å². The molecule has 0 radical (unpaired) electrons. The smallest absolute Gasteiger partial charge is 0.261 e. The molecule has 1 N–H and O–H groups in total. The van der Waals surface area contributed by atoms with Gasteiger partial charge in [-0.05, 0) is 30.5 Å². The number of anilines is 1. The van der Waals surface area contributed by atoms with Gasteiger partial charge in [-0.3, -0.25) is 9.59 Å². The Kier molecular flexibility index (Phi) is 5.15. The molecule has 2 aromatic rings. The Labute approximate surface area is 145 Å². The van der Waals surface area contributed by atoms with E-state index in [4.69, 9.17) is 0 Å². The molecule has 126 valence electrons. The zero-order valence-electron chi connectivity index (χ0n) is 13.6. The highest BCUT2D eigenvalue weighted by molar-refractivity contribution is 7.12. The van der Waals surface area contributed by atoms with Crippen LogP contribution in [0.1, 0.15) is 16.6 Å². The average Bonchev–Trinajstić information content (AvgIpc) is 3.17. The zero-order chi connectivity index (χ0) is 16.9. The molecule has 0 unspecified atom stereocenters. The van der Waals surface area contributed by atoms with Crippen LogP contribution in [0.15, 0.2) is 47.8 Å². The molecular formula is C18H21N3O2S. The molecule has 6 heteroatoms. The van der Waals surface area contributed by atoms with Crippen molar-refractivity contribution >= 4 is 28.8 Å². The van der Waals surface area contributed by atoms with Crippen LogP contribution >= 0.6 is 11.3 Å². The number of hydrogen-bond donors (Lipinski definition) is 1. The molecule has 2 amide bonds. The van der Waals surface area contributed by atoms with Gasteiger partial charge in [0.25, 0.3) is 5.91 Å². The van der Waals surface area contributed by atoms with Gasteiger partial charge in [0.1, 0.15) is 6.04 Å². The molecule has 1 saturated heterocycles. The van der Waals surface area contributed by atoms with E-state index < -0.39 is 6.04 Å². The van der Waals surface area contributed by atoms with Gasteiger partial charge < -0.3 is 15.1 Å². The first kappa shape index (κ1) is 16.5. The molecule has 24 heavy (non-hydrogen) atoms. The summed E-state index contributed by atoms with van der Waals surface area (Å²) >= 11 is 1.37. The number of carbonyl (C=O) groups is 2. The lowest BCUT2D eigenvalue weighted by molar-refractivity contribution is -0.133. The molecule has 0 saturated carbocycles. The van der Waals surface area contributed by atoms with Gasteiger partial charge in [-0.1, -0.05) is 24.3 Å². The SMILES string of the molecule is C[C@@H](NC(=O)c1cccs1)C(=O)N1CCN(c2ccccc2)CC1. The molecule has 1 aliphatic heterocycles. The number of piperazine rings is 1. The van der Waals surface area contributed by atoms with Crippen molar-refractivity contribution in [3.63, 3.8) is 0 Å². The fourth-order valence-corrected chi connectivity index (χ4v) is 3.46. The van der Waals surface area contributed by atoms with Gasteiger partial charge in [0.05, 0.1) is 4.88 Å². The molecule has 1 aromatic carbocycles. The fourth-order valence-electron chi connectivity index (χ4n) is 2.83. The topological polar surface area (TPSA) is 52.7 Å².